The first-order valence-corrected chi connectivity index (χ1v) is 4.53. The van der Waals surface area contributed by atoms with E-state index in [1.807, 2.05) is 0 Å². The Morgan fingerprint density at radius 2 is 2.00 bits per heavy atom. The van der Waals surface area contributed by atoms with Gasteiger partial charge in [0.25, 0.3) is 11.7 Å². The van der Waals surface area contributed by atoms with Crippen LogP contribution in [0.25, 0.3) is 0 Å². The van der Waals surface area contributed by atoms with Crippen LogP contribution in [0.5, 0.6) is 0 Å². The molecule has 0 bridgehead atoms. The summed E-state index contributed by atoms with van der Waals surface area (Å²) in [6.45, 7) is 0. The summed E-state index contributed by atoms with van der Waals surface area (Å²) in [6.07, 6.45) is 0. The number of rotatable bonds is 0. The van der Waals surface area contributed by atoms with Gasteiger partial charge in [-0.05, 0) is 34.7 Å². The molecule has 0 saturated heterocycles. The summed E-state index contributed by atoms with van der Waals surface area (Å²) in [5, 5.41) is 2.32. The molecule has 1 N–H and O–H groups in total. The first-order valence-electron chi connectivity index (χ1n) is 3.45. The minimum atomic E-state index is -0.696. The van der Waals surface area contributed by atoms with Gasteiger partial charge in [0, 0.05) is 0 Å². The lowest BCUT2D eigenvalue weighted by molar-refractivity contribution is -0.112. The molecule has 0 fully saturated rings. The third kappa shape index (κ3) is 1.14. The van der Waals surface area contributed by atoms with E-state index in [0.29, 0.717) is 0 Å². The maximum absolute atomic E-state index is 13.0. The monoisotopic (exact) mass is 291 g/mol. The van der Waals surface area contributed by atoms with Crippen LogP contribution in [0.1, 0.15) is 10.4 Å². The Balaban J connectivity index is 2.70. The van der Waals surface area contributed by atoms with Crippen LogP contribution in [0.3, 0.4) is 0 Å². The Bertz CT molecular complexity index is 430. The van der Waals surface area contributed by atoms with Crippen LogP contribution in [0.4, 0.5) is 10.1 Å². The largest absolute Gasteiger partial charge is 0.317 e. The Hall–Kier alpha value is -0.980. The number of carbonyl (C=O) groups is 2. The van der Waals surface area contributed by atoms with E-state index >= 15 is 0 Å². The van der Waals surface area contributed by atoms with Gasteiger partial charge in [0.2, 0.25) is 0 Å². The van der Waals surface area contributed by atoms with Crippen LogP contribution in [-0.4, -0.2) is 11.7 Å². The number of hydrogen-bond acceptors (Lipinski definition) is 2. The summed E-state index contributed by atoms with van der Waals surface area (Å²) in [5.41, 5.74) is 0.534. The smallest absolute Gasteiger partial charge is 0.296 e. The molecule has 2 rings (SSSR count). The zero-order chi connectivity index (χ0) is 9.59. The van der Waals surface area contributed by atoms with E-state index in [1.54, 1.807) is 22.6 Å². The molecule has 1 heterocycles. The fraction of sp³-hybridized carbons (Fsp3) is 0. The van der Waals surface area contributed by atoms with E-state index in [1.165, 1.54) is 12.1 Å². The minimum absolute atomic E-state index is 0.246. The molecule has 0 aromatic heterocycles. The fourth-order valence-electron chi connectivity index (χ4n) is 1.15. The van der Waals surface area contributed by atoms with Crippen LogP contribution >= 0.6 is 22.6 Å². The highest BCUT2D eigenvalue weighted by molar-refractivity contribution is 14.1. The molecule has 0 atom stereocenters. The van der Waals surface area contributed by atoms with Crippen molar-refractivity contribution >= 4 is 40.0 Å². The molecule has 3 nitrogen and oxygen atoms in total. The van der Waals surface area contributed by atoms with Crippen LogP contribution in [-0.2, 0) is 4.79 Å². The number of nitrogens with one attached hydrogen (secondary N) is 1. The number of Topliss-reactive ketones (excluding diaryl/α,β-unsaturated/α-hetero) is 1. The molecule has 1 aliphatic heterocycles. The molecule has 0 spiro atoms. The molecule has 1 aromatic carbocycles. The Morgan fingerprint density at radius 1 is 1.31 bits per heavy atom. The number of anilines is 1. The van der Waals surface area contributed by atoms with E-state index in [4.69, 9.17) is 0 Å². The molecule has 1 amide bonds. The highest BCUT2D eigenvalue weighted by atomic mass is 127. The highest BCUT2D eigenvalue weighted by Crippen LogP contribution is 2.30. The molecule has 0 unspecified atom stereocenters. The lowest BCUT2D eigenvalue weighted by Gasteiger charge is -2.00. The Kier molecular flexibility index (Phi) is 1.83. The maximum Gasteiger partial charge on any atom is 0.296 e. The molecule has 0 radical (unpaired) electrons. The van der Waals surface area contributed by atoms with Gasteiger partial charge in [-0.25, -0.2) is 4.39 Å². The maximum atomic E-state index is 13.0. The van der Waals surface area contributed by atoms with Crippen molar-refractivity contribution in [2.45, 2.75) is 0 Å². The number of halogens is 2. The summed E-state index contributed by atoms with van der Waals surface area (Å²) in [6, 6.07) is 2.49. The van der Waals surface area contributed by atoms with Crippen molar-refractivity contribution in [1.29, 1.82) is 0 Å². The zero-order valence-electron chi connectivity index (χ0n) is 6.23. The number of benzene rings is 1. The molecule has 5 heteroatoms. The summed E-state index contributed by atoms with van der Waals surface area (Å²) in [4.78, 5) is 22.0. The van der Waals surface area contributed by atoms with Crippen LogP contribution in [0.15, 0.2) is 12.1 Å². The molecule has 13 heavy (non-hydrogen) atoms. The van der Waals surface area contributed by atoms with Crippen molar-refractivity contribution in [3.05, 3.63) is 27.1 Å². The van der Waals surface area contributed by atoms with E-state index in [2.05, 4.69) is 5.32 Å². The van der Waals surface area contributed by atoms with Gasteiger partial charge in [-0.1, -0.05) is 0 Å². The van der Waals surface area contributed by atoms with Gasteiger partial charge in [0.1, 0.15) is 5.82 Å². The lowest BCUT2D eigenvalue weighted by Crippen LogP contribution is -2.12. The number of fused-ring (bicyclic) bond motifs is 1. The highest BCUT2D eigenvalue weighted by Gasteiger charge is 2.30. The average molecular weight is 291 g/mol. The third-order valence-corrected chi connectivity index (χ3v) is 2.84. The van der Waals surface area contributed by atoms with E-state index in [-0.39, 0.29) is 14.8 Å². The second-order valence-corrected chi connectivity index (χ2v) is 3.65. The van der Waals surface area contributed by atoms with Crippen molar-refractivity contribution in [2.75, 3.05) is 5.32 Å². The van der Waals surface area contributed by atoms with Gasteiger partial charge < -0.3 is 5.32 Å². The zero-order valence-corrected chi connectivity index (χ0v) is 8.38. The van der Waals surface area contributed by atoms with Gasteiger partial charge in [-0.3, -0.25) is 9.59 Å². The number of hydrogen-bond donors (Lipinski definition) is 1. The van der Waals surface area contributed by atoms with Crippen molar-refractivity contribution < 1.29 is 14.0 Å². The van der Waals surface area contributed by atoms with Gasteiger partial charge in [-0.2, -0.15) is 0 Å². The van der Waals surface area contributed by atoms with E-state index in [0.717, 1.165) is 0 Å². The molecule has 66 valence electrons. The van der Waals surface area contributed by atoms with Crippen molar-refractivity contribution in [2.24, 2.45) is 0 Å². The van der Waals surface area contributed by atoms with E-state index in [9.17, 15) is 14.0 Å². The molecular formula is C8H3FINO2. The minimum Gasteiger partial charge on any atom is -0.317 e. The molecule has 0 aliphatic carbocycles. The SMILES string of the molecule is O=C1Nc2c(ccc(F)c2I)C1=O. The van der Waals surface area contributed by atoms with Crippen molar-refractivity contribution in [3.63, 3.8) is 0 Å². The van der Waals surface area contributed by atoms with Crippen molar-refractivity contribution in [3.8, 4) is 0 Å². The van der Waals surface area contributed by atoms with Gasteiger partial charge >= 0.3 is 0 Å². The van der Waals surface area contributed by atoms with Crippen molar-refractivity contribution in [1.82, 2.24) is 0 Å². The number of carbonyl (C=O) groups excluding carboxylic acids is 2. The summed E-state index contributed by atoms with van der Waals surface area (Å²) < 4.78 is 13.2. The standard InChI is InChI=1S/C8H3FINO2/c9-4-2-1-3-6(5(4)10)11-8(13)7(3)12/h1-2H,(H,11,12,13). The Morgan fingerprint density at radius 3 is 2.69 bits per heavy atom. The predicted molar refractivity (Wildman–Crippen MR) is 52.1 cm³/mol. The first kappa shape index (κ1) is 8.61. The molecule has 0 saturated carbocycles. The Labute approximate surface area is 86.5 Å². The number of amides is 1. The number of ketones is 1. The summed E-state index contributed by atoms with van der Waals surface area (Å²) in [5.74, 6) is -1.74. The lowest BCUT2D eigenvalue weighted by atomic mass is 10.1. The van der Waals surface area contributed by atoms with Crippen LogP contribution in [0.2, 0.25) is 0 Å². The molecule has 1 aromatic rings. The third-order valence-electron chi connectivity index (χ3n) is 1.78. The molecular weight excluding hydrogens is 288 g/mol. The summed E-state index contributed by atoms with van der Waals surface area (Å²) in [7, 11) is 0. The second kappa shape index (κ2) is 2.76. The van der Waals surface area contributed by atoms with Gasteiger partial charge in [0.05, 0.1) is 14.8 Å². The average Bonchev–Trinajstić information content (AvgIpc) is 2.38. The molecule has 1 aliphatic rings. The fourth-order valence-corrected chi connectivity index (χ4v) is 1.76. The normalized spacial score (nSPS) is 14.3. The second-order valence-electron chi connectivity index (χ2n) is 2.57. The quantitative estimate of drug-likeness (QED) is 0.582. The van der Waals surface area contributed by atoms with Gasteiger partial charge in [-0.15, -0.1) is 0 Å². The van der Waals surface area contributed by atoms with Gasteiger partial charge in [0.15, 0.2) is 0 Å². The predicted octanol–water partition coefficient (Wildman–Crippen LogP) is 1.57. The van der Waals surface area contributed by atoms with Crippen LogP contribution in [0, 0.1) is 9.39 Å². The van der Waals surface area contributed by atoms with E-state index < -0.39 is 17.5 Å². The topological polar surface area (TPSA) is 46.2 Å². The first-order chi connectivity index (χ1) is 6.11. The summed E-state index contributed by atoms with van der Waals surface area (Å²) >= 11 is 1.75. The van der Waals surface area contributed by atoms with Crippen LogP contribution < -0.4 is 5.32 Å².